The lowest BCUT2D eigenvalue weighted by atomic mass is 9.78. The highest BCUT2D eigenvalue weighted by Crippen LogP contribution is 2.39. The van der Waals surface area contributed by atoms with Gasteiger partial charge in [0, 0.05) is 58.8 Å². The van der Waals surface area contributed by atoms with Crippen LogP contribution in [0.3, 0.4) is 0 Å². The molecule has 0 saturated carbocycles. The molecule has 0 spiro atoms. The second-order valence-electron chi connectivity index (χ2n) is 12.6. The van der Waals surface area contributed by atoms with Crippen molar-refractivity contribution in [1.29, 1.82) is 0 Å². The second kappa shape index (κ2) is 16.3. The van der Waals surface area contributed by atoms with E-state index in [9.17, 15) is 9.90 Å². The number of H-pyrrole nitrogens is 1. The number of aromatic amines is 1. The number of carboxylic acid groups (broad SMARTS) is 1. The second-order valence-corrected chi connectivity index (χ2v) is 15.6. The fourth-order valence-electron chi connectivity index (χ4n) is 5.99. The van der Waals surface area contributed by atoms with Crippen molar-refractivity contribution < 1.29 is 23.5 Å². The fourth-order valence-corrected chi connectivity index (χ4v) is 8.62. The smallest absolute Gasteiger partial charge is 0.407 e. The number of hydrogen-bond acceptors (Lipinski definition) is 9. The van der Waals surface area contributed by atoms with E-state index in [2.05, 4.69) is 75.7 Å². The Labute approximate surface area is 310 Å². The molecule has 0 bridgehead atoms. The lowest BCUT2D eigenvalue weighted by Crippen LogP contribution is -2.48. The molecule has 1 amide bonds. The Morgan fingerprint density at radius 2 is 1.96 bits per heavy atom. The summed E-state index contributed by atoms with van der Waals surface area (Å²) < 4.78 is 19.5. The normalized spacial score (nSPS) is 14.6. The van der Waals surface area contributed by atoms with Crippen molar-refractivity contribution in [3.05, 3.63) is 70.1 Å². The molecule has 1 aliphatic rings. The largest absolute Gasteiger partial charge is 0.493 e. The van der Waals surface area contributed by atoms with E-state index in [4.69, 9.17) is 35.2 Å². The van der Waals surface area contributed by atoms with Crippen molar-refractivity contribution in [2.24, 2.45) is 11.3 Å². The molecule has 0 radical (unpaired) electrons. The highest BCUT2D eigenvalue weighted by atomic mass is 127. The van der Waals surface area contributed by atoms with Crippen LogP contribution in [-0.4, -0.2) is 87.3 Å². The van der Waals surface area contributed by atoms with Gasteiger partial charge >= 0.3 is 6.09 Å². The van der Waals surface area contributed by atoms with Crippen molar-refractivity contribution in [3.63, 3.8) is 0 Å². The van der Waals surface area contributed by atoms with Crippen LogP contribution in [0.5, 0.6) is 5.75 Å². The monoisotopic (exact) mass is 835 g/mol. The Morgan fingerprint density at radius 1 is 1.20 bits per heavy atom. The standard InChI is InChI=1S/C33H43ClIN7O5Si2/c1-19-27(28-21(13-35)14-37-40-28)38-29(39-30(19)42-15-20-8-7-11-36-26(20)17-42)24-12-23(9-10-25(24)34)45-18-22(16-41(4)32(43)44)33(2,3)31(46-48-5)47-49-6/h7-12,14,22,31H,13,15-18,48-49H2,1-6H3,(H,37,40)(H,43,44)/t22-/m0/s1. The van der Waals surface area contributed by atoms with Crippen LogP contribution in [0.2, 0.25) is 18.1 Å². The number of hydrogen-bond donors (Lipinski definition) is 2. The van der Waals surface area contributed by atoms with Gasteiger partial charge in [0.2, 0.25) is 0 Å². The summed E-state index contributed by atoms with van der Waals surface area (Å²) in [4.78, 5) is 30.1. The molecule has 2 N–H and O–H groups in total. The van der Waals surface area contributed by atoms with Crippen LogP contribution in [0.15, 0.2) is 42.7 Å². The predicted octanol–water partition coefficient (Wildman–Crippen LogP) is 5.60. The number of benzene rings is 1. The first-order chi connectivity index (χ1) is 23.5. The summed E-state index contributed by atoms with van der Waals surface area (Å²) in [5.41, 5.74) is 5.83. The number of fused-ring (bicyclic) bond motifs is 1. The van der Waals surface area contributed by atoms with Crippen LogP contribution in [0.4, 0.5) is 10.6 Å². The molecule has 1 atom stereocenters. The summed E-state index contributed by atoms with van der Waals surface area (Å²) in [5.74, 6) is 1.56. The molecule has 4 aromatic rings. The lowest BCUT2D eigenvalue weighted by Gasteiger charge is -2.41. The molecule has 12 nitrogen and oxygen atoms in total. The number of anilines is 1. The lowest BCUT2D eigenvalue weighted by molar-refractivity contribution is -0.114. The molecule has 0 fully saturated rings. The molecule has 1 aromatic carbocycles. The number of rotatable bonds is 15. The zero-order valence-electron chi connectivity index (χ0n) is 28.7. The average molecular weight is 836 g/mol. The Morgan fingerprint density at radius 3 is 2.63 bits per heavy atom. The summed E-state index contributed by atoms with van der Waals surface area (Å²) in [6, 6.07) is 9.48. The fraction of sp³-hybridized carbons (Fsp3) is 0.424. The number of aromatic nitrogens is 5. The van der Waals surface area contributed by atoms with Gasteiger partial charge in [-0.25, -0.2) is 14.8 Å². The van der Waals surface area contributed by atoms with E-state index in [-0.39, 0.29) is 19.1 Å². The maximum absolute atomic E-state index is 11.9. The summed E-state index contributed by atoms with van der Waals surface area (Å²) in [6.45, 7) is 12.0. The molecule has 49 heavy (non-hydrogen) atoms. The average Bonchev–Trinajstić information content (AvgIpc) is 3.74. The highest BCUT2D eigenvalue weighted by Gasteiger charge is 2.40. The maximum Gasteiger partial charge on any atom is 0.407 e. The van der Waals surface area contributed by atoms with Crippen LogP contribution in [0, 0.1) is 18.3 Å². The molecule has 0 aliphatic carbocycles. The van der Waals surface area contributed by atoms with E-state index in [0.717, 1.165) is 44.0 Å². The van der Waals surface area contributed by atoms with Crippen molar-refractivity contribution in [1.82, 2.24) is 30.0 Å². The van der Waals surface area contributed by atoms with Gasteiger partial charge in [-0.1, -0.05) is 67.2 Å². The number of alkyl halides is 1. The third kappa shape index (κ3) is 8.28. The van der Waals surface area contributed by atoms with Gasteiger partial charge in [-0.05, 0) is 36.8 Å². The molecule has 5 rings (SSSR count). The van der Waals surface area contributed by atoms with Gasteiger partial charge in [0.15, 0.2) is 25.4 Å². The van der Waals surface area contributed by atoms with Crippen LogP contribution >= 0.6 is 34.2 Å². The number of amides is 1. The minimum atomic E-state index is -1.01. The van der Waals surface area contributed by atoms with Crippen LogP contribution < -0.4 is 9.64 Å². The molecule has 262 valence electrons. The molecular weight excluding hydrogens is 793 g/mol. The Hall–Kier alpha value is -3.10. The summed E-state index contributed by atoms with van der Waals surface area (Å²) in [5, 5.41) is 17.7. The number of ether oxygens (including phenoxy) is 1. The first-order valence-corrected chi connectivity index (χ1v) is 22.1. The minimum absolute atomic E-state index is 0.225. The third-order valence-corrected chi connectivity index (χ3v) is 11.4. The van der Waals surface area contributed by atoms with Crippen LogP contribution in [-0.2, 0) is 26.4 Å². The molecule has 3 aromatic heterocycles. The number of nitrogens with one attached hydrogen (secondary N) is 1. The van der Waals surface area contributed by atoms with Crippen LogP contribution in [0.1, 0.15) is 36.2 Å². The van der Waals surface area contributed by atoms with E-state index >= 15 is 0 Å². The van der Waals surface area contributed by atoms with Gasteiger partial charge < -0.3 is 28.5 Å². The zero-order valence-corrected chi connectivity index (χ0v) is 34.4. The predicted molar refractivity (Wildman–Crippen MR) is 205 cm³/mol. The number of pyridine rings is 1. The quantitative estimate of drug-likeness (QED) is 0.0674. The van der Waals surface area contributed by atoms with Gasteiger partial charge in [-0.15, -0.1) is 0 Å². The minimum Gasteiger partial charge on any atom is -0.493 e. The summed E-state index contributed by atoms with van der Waals surface area (Å²) in [7, 11) is 0.00484. The molecule has 0 saturated heterocycles. The third-order valence-electron chi connectivity index (χ3n) is 8.95. The number of carbonyl (C=O) groups is 1. The Bertz CT molecular complexity index is 1750. The zero-order chi connectivity index (χ0) is 35.3. The first-order valence-electron chi connectivity index (χ1n) is 16.2. The van der Waals surface area contributed by atoms with Crippen molar-refractivity contribution >= 4 is 65.6 Å². The highest BCUT2D eigenvalue weighted by molar-refractivity contribution is 14.1. The van der Waals surface area contributed by atoms with Crippen LogP contribution in [0.25, 0.3) is 22.8 Å². The molecular formula is C33H43ClIN7O5Si2. The molecule has 0 unspecified atom stereocenters. The van der Waals surface area contributed by atoms with Crippen molar-refractivity contribution in [3.8, 4) is 28.5 Å². The number of nitrogens with zero attached hydrogens (tertiary/aromatic N) is 6. The molecule has 16 heteroatoms. The van der Waals surface area contributed by atoms with E-state index in [1.165, 1.54) is 4.90 Å². The van der Waals surface area contributed by atoms with E-state index in [0.29, 0.717) is 35.2 Å². The van der Waals surface area contributed by atoms with Gasteiger partial charge in [0.1, 0.15) is 17.9 Å². The van der Waals surface area contributed by atoms with Gasteiger partial charge in [-0.2, -0.15) is 5.10 Å². The summed E-state index contributed by atoms with van der Waals surface area (Å²) >= 11 is 9.19. The van der Waals surface area contributed by atoms with Gasteiger partial charge in [-0.3, -0.25) is 10.1 Å². The number of halogens is 2. The Kier molecular flexibility index (Phi) is 12.4. The van der Waals surface area contributed by atoms with E-state index in [1.54, 1.807) is 19.2 Å². The van der Waals surface area contributed by atoms with E-state index in [1.807, 2.05) is 31.5 Å². The SMILES string of the molecule is C[SiH2]OC(O[SiH2]C)C(C)(C)[C@H](COc1ccc(Cl)c(-c2nc(-c3[nH]ncc3CI)c(C)c(N3Cc4cccnc4C3)n2)c1)CN(C)C(=O)O. The molecule has 1 aliphatic heterocycles. The van der Waals surface area contributed by atoms with Crippen molar-refractivity contribution in [2.75, 3.05) is 25.1 Å². The Balaban J connectivity index is 1.52. The topological polar surface area (TPSA) is 139 Å². The molecule has 4 heterocycles. The van der Waals surface area contributed by atoms with Gasteiger partial charge in [0.05, 0.1) is 41.5 Å². The van der Waals surface area contributed by atoms with Crippen molar-refractivity contribution in [2.45, 2.75) is 57.7 Å². The van der Waals surface area contributed by atoms with E-state index < -0.39 is 37.3 Å². The first kappa shape index (κ1) is 37.2. The summed E-state index contributed by atoms with van der Waals surface area (Å²) in [6.07, 6.45) is 2.20. The maximum atomic E-state index is 11.9. The van der Waals surface area contributed by atoms with Gasteiger partial charge in [0.25, 0.3) is 0 Å².